The lowest BCUT2D eigenvalue weighted by Gasteiger charge is -2.06. The summed E-state index contributed by atoms with van der Waals surface area (Å²) in [6.45, 7) is 1.81. The Bertz CT molecular complexity index is 515. The van der Waals surface area contributed by atoms with Crippen molar-refractivity contribution in [3.05, 3.63) is 30.3 Å². The molecule has 0 fully saturated rings. The lowest BCUT2D eigenvalue weighted by atomic mass is 10.1. The van der Waals surface area contributed by atoms with Crippen LogP contribution in [-0.2, 0) is 0 Å². The summed E-state index contributed by atoms with van der Waals surface area (Å²) in [4.78, 5) is 4.12. The van der Waals surface area contributed by atoms with E-state index in [1.807, 2.05) is 19.1 Å². The molecule has 0 radical (unpaired) electrons. The van der Waals surface area contributed by atoms with Gasteiger partial charge in [-0.05, 0) is 19.1 Å². The second-order valence-electron chi connectivity index (χ2n) is 3.78. The van der Waals surface area contributed by atoms with Crippen LogP contribution in [0, 0.1) is 0 Å². The number of aromatic nitrogens is 1. The Morgan fingerprint density at radius 1 is 1.17 bits per heavy atom. The van der Waals surface area contributed by atoms with Crippen molar-refractivity contribution in [1.29, 1.82) is 0 Å². The fourth-order valence-electron chi connectivity index (χ4n) is 1.55. The molecule has 0 saturated carbocycles. The van der Waals surface area contributed by atoms with Gasteiger partial charge in [0, 0.05) is 11.6 Å². The molecule has 18 heavy (non-hydrogen) atoms. The quantitative estimate of drug-likeness (QED) is 0.793. The molecule has 1 atom stereocenters. The number of alkyl halides is 1. The van der Waals surface area contributed by atoms with Crippen molar-refractivity contribution >= 4 is 11.6 Å². The van der Waals surface area contributed by atoms with Crippen molar-refractivity contribution in [2.45, 2.75) is 12.3 Å². The van der Waals surface area contributed by atoms with Gasteiger partial charge in [-0.3, -0.25) is 0 Å². The average Bonchev–Trinajstić information content (AvgIpc) is 2.87. The number of nitrogens with zero attached hydrogens (tertiary/aromatic N) is 1. The van der Waals surface area contributed by atoms with Crippen molar-refractivity contribution < 1.29 is 13.9 Å². The van der Waals surface area contributed by atoms with E-state index < -0.39 is 0 Å². The molecule has 2 rings (SSSR count). The van der Waals surface area contributed by atoms with E-state index >= 15 is 0 Å². The SMILES string of the molecule is COc1cc(OC)cc(-c2cnc(C(C)Cl)o2)c1. The summed E-state index contributed by atoms with van der Waals surface area (Å²) in [6.07, 6.45) is 1.64. The molecule has 0 spiro atoms. The normalized spacial score (nSPS) is 12.2. The summed E-state index contributed by atoms with van der Waals surface area (Å²) in [7, 11) is 3.20. The first-order valence-electron chi connectivity index (χ1n) is 5.47. The van der Waals surface area contributed by atoms with E-state index in [1.54, 1.807) is 26.5 Å². The molecule has 0 aliphatic rings. The molecule has 1 aromatic heterocycles. The number of oxazole rings is 1. The standard InChI is InChI=1S/C13H14ClNO3/c1-8(14)13-15-7-12(18-13)9-4-10(16-2)6-11(5-9)17-3/h4-8H,1-3H3. The van der Waals surface area contributed by atoms with Gasteiger partial charge in [0.15, 0.2) is 5.76 Å². The van der Waals surface area contributed by atoms with E-state index in [4.69, 9.17) is 25.5 Å². The molecule has 1 aromatic carbocycles. The van der Waals surface area contributed by atoms with Crippen LogP contribution in [0.2, 0.25) is 0 Å². The number of hydrogen-bond acceptors (Lipinski definition) is 4. The monoisotopic (exact) mass is 267 g/mol. The number of benzene rings is 1. The van der Waals surface area contributed by atoms with Gasteiger partial charge < -0.3 is 13.9 Å². The fourth-order valence-corrected chi connectivity index (χ4v) is 1.66. The van der Waals surface area contributed by atoms with Gasteiger partial charge in [0.1, 0.15) is 16.9 Å². The Morgan fingerprint density at radius 3 is 2.22 bits per heavy atom. The Kier molecular flexibility index (Phi) is 3.77. The molecule has 5 heteroatoms. The summed E-state index contributed by atoms with van der Waals surface area (Å²) in [6, 6.07) is 5.50. The number of hydrogen-bond donors (Lipinski definition) is 0. The molecular formula is C13H14ClNO3. The van der Waals surface area contributed by atoms with Crippen LogP contribution in [0.15, 0.2) is 28.8 Å². The van der Waals surface area contributed by atoms with Gasteiger partial charge in [0.2, 0.25) is 5.89 Å². The molecule has 0 N–H and O–H groups in total. The first-order chi connectivity index (χ1) is 8.63. The highest BCUT2D eigenvalue weighted by Gasteiger charge is 2.12. The van der Waals surface area contributed by atoms with Crippen LogP contribution in [0.3, 0.4) is 0 Å². The lowest BCUT2D eigenvalue weighted by molar-refractivity contribution is 0.394. The zero-order valence-electron chi connectivity index (χ0n) is 10.4. The van der Waals surface area contributed by atoms with Crippen molar-refractivity contribution in [2.24, 2.45) is 0 Å². The largest absolute Gasteiger partial charge is 0.497 e. The van der Waals surface area contributed by atoms with Crippen LogP contribution in [-0.4, -0.2) is 19.2 Å². The third-order valence-corrected chi connectivity index (χ3v) is 2.69. The molecule has 0 saturated heterocycles. The molecule has 0 bridgehead atoms. The first kappa shape index (κ1) is 12.8. The van der Waals surface area contributed by atoms with Gasteiger partial charge in [-0.15, -0.1) is 11.6 Å². The van der Waals surface area contributed by atoms with Gasteiger partial charge in [0.05, 0.1) is 20.4 Å². The minimum absolute atomic E-state index is 0.258. The minimum Gasteiger partial charge on any atom is -0.497 e. The second kappa shape index (κ2) is 5.31. The number of rotatable bonds is 4. The third-order valence-electron chi connectivity index (χ3n) is 2.50. The Balaban J connectivity index is 2.42. The lowest BCUT2D eigenvalue weighted by Crippen LogP contribution is -1.88. The Labute approximate surface area is 110 Å². The van der Waals surface area contributed by atoms with Gasteiger partial charge in [-0.25, -0.2) is 4.98 Å². The van der Waals surface area contributed by atoms with Crippen molar-refractivity contribution in [2.75, 3.05) is 14.2 Å². The molecule has 4 nitrogen and oxygen atoms in total. The maximum absolute atomic E-state index is 5.92. The van der Waals surface area contributed by atoms with Gasteiger partial charge in [0.25, 0.3) is 0 Å². The molecule has 2 aromatic rings. The van der Waals surface area contributed by atoms with Crippen LogP contribution in [0.25, 0.3) is 11.3 Å². The highest BCUT2D eigenvalue weighted by Crippen LogP contribution is 2.31. The van der Waals surface area contributed by atoms with Crippen LogP contribution in [0.4, 0.5) is 0 Å². The summed E-state index contributed by atoms with van der Waals surface area (Å²) in [5.74, 6) is 2.52. The van der Waals surface area contributed by atoms with E-state index in [1.165, 1.54) is 0 Å². The van der Waals surface area contributed by atoms with E-state index in [9.17, 15) is 0 Å². The highest BCUT2D eigenvalue weighted by molar-refractivity contribution is 6.20. The fraction of sp³-hybridized carbons (Fsp3) is 0.308. The summed E-state index contributed by atoms with van der Waals surface area (Å²) >= 11 is 5.92. The molecule has 1 heterocycles. The van der Waals surface area contributed by atoms with Crippen molar-refractivity contribution in [3.63, 3.8) is 0 Å². The van der Waals surface area contributed by atoms with E-state index in [-0.39, 0.29) is 5.38 Å². The second-order valence-corrected chi connectivity index (χ2v) is 4.43. The summed E-state index contributed by atoms with van der Waals surface area (Å²) in [5, 5.41) is -0.258. The van der Waals surface area contributed by atoms with Crippen molar-refractivity contribution in [1.82, 2.24) is 4.98 Å². The highest BCUT2D eigenvalue weighted by atomic mass is 35.5. The predicted octanol–water partition coefficient (Wildman–Crippen LogP) is 3.66. The summed E-state index contributed by atoms with van der Waals surface area (Å²) in [5.41, 5.74) is 0.835. The van der Waals surface area contributed by atoms with Crippen LogP contribution < -0.4 is 9.47 Å². The molecular weight excluding hydrogens is 254 g/mol. The Hall–Kier alpha value is -1.68. The first-order valence-corrected chi connectivity index (χ1v) is 5.91. The molecule has 96 valence electrons. The average molecular weight is 268 g/mol. The number of methoxy groups -OCH3 is 2. The molecule has 0 aliphatic heterocycles. The molecule has 0 aliphatic carbocycles. The van der Waals surface area contributed by atoms with Crippen LogP contribution in [0.1, 0.15) is 18.2 Å². The number of halogens is 1. The maximum Gasteiger partial charge on any atom is 0.212 e. The third kappa shape index (κ3) is 2.59. The minimum atomic E-state index is -0.258. The van der Waals surface area contributed by atoms with Crippen molar-refractivity contribution in [3.8, 4) is 22.8 Å². The maximum atomic E-state index is 5.92. The predicted molar refractivity (Wildman–Crippen MR) is 69.3 cm³/mol. The Morgan fingerprint density at radius 2 is 1.78 bits per heavy atom. The van der Waals surface area contributed by atoms with Crippen LogP contribution in [0.5, 0.6) is 11.5 Å². The van der Waals surface area contributed by atoms with Gasteiger partial charge in [-0.1, -0.05) is 0 Å². The van der Waals surface area contributed by atoms with Crippen LogP contribution >= 0.6 is 11.6 Å². The number of ether oxygens (including phenoxy) is 2. The van der Waals surface area contributed by atoms with E-state index in [0.717, 1.165) is 5.56 Å². The molecule has 1 unspecified atom stereocenters. The van der Waals surface area contributed by atoms with Gasteiger partial charge >= 0.3 is 0 Å². The zero-order chi connectivity index (χ0) is 13.1. The van der Waals surface area contributed by atoms with E-state index in [2.05, 4.69) is 4.98 Å². The zero-order valence-corrected chi connectivity index (χ0v) is 11.2. The topological polar surface area (TPSA) is 44.5 Å². The van der Waals surface area contributed by atoms with Gasteiger partial charge in [-0.2, -0.15) is 0 Å². The summed E-state index contributed by atoms with van der Waals surface area (Å²) < 4.78 is 16.0. The molecule has 0 amide bonds. The smallest absolute Gasteiger partial charge is 0.212 e. The van der Waals surface area contributed by atoms with E-state index in [0.29, 0.717) is 23.1 Å².